The molecule has 40 heavy (non-hydrogen) atoms. The summed E-state index contributed by atoms with van der Waals surface area (Å²) in [5.74, 6) is 0.574. The number of piperidine rings is 1. The highest BCUT2D eigenvalue weighted by atomic mass is 19.4. The number of hydrogen-bond donors (Lipinski definition) is 0. The third-order valence-corrected chi connectivity index (χ3v) is 7.73. The first-order valence-corrected chi connectivity index (χ1v) is 13.5. The van der Waals surface area contributed by atoms with Gasteiger partial charge in [0.1, 0.15) is 24.3 Å². The molecule has 10 nitrogen and oxygen atoms in total. The Morgan fingerprint density at radius 1 is 1.00 bits per heavy atom. The molecule has 0 spiro atoms. The first-order chi connectivity index (χ1) is 19.2. The SMILES string of the molecule is CO[C@@H](C)C(=O)N1CCN(CCOc2ccc(C3CCN(c4ccc5nnc(C(F)(F)F)n5n4)CC3)cc2)CC1. The second-order valence-corrected chi connectivity index (χ2v) is 10.2. The molecule has 5 rings (SSSR count). The van der Waals surface area contributed by atoms with Crippen molar-refractivity contribution >= 4 is 17.4 Å². The maximum Gasteiger partial charge on any atom is 0.453 e. The molecule has 4 heterocycles. The lowest BCUT2D eigenvalue weighted by molar-refractivity contribution is -0.146. The van der Waals surface area contributed by atoms with E-state index in [0.29, 0.717) is 44.5 Å². The Hall–Kier alpha value is -3.45. The lowest BCUT2D eigenvalue weighted by atomic mass is 9.89. The monoisotopic (exact) mass is 561 g/mol. The van der Waals surface area contributed by atoms with Crippen LogP contribution in [0.15, 0.2) is 36.4 Å². The van der Waals surface area contributed by atoms with Crippen molar-refractivity contribution in [1.29, 1.82) is 0 Å². The van der Waals surface area contributed by atoms with Gasteiger partial charge in [0.05, 0.1) is 0 Å². The van der Waals surface area contributed by atoms with Crippen LogP contribution in [0.4, 0.5) is 19.0 Å². The molecule has 2 aromatic heterocycles. The van der Waals surface area contributed by atoms with Gasteiger partial charge in [-0.25, -0.2) is 0 Å². The summed E-state index contributed by atoms with van der Waals surface area (Å²) in [5, 5.41) is 11.0. The molecule has 2 fully saturated rings. The Kier molecular flexibility index (Phi) is 8.40. The van der Waals surface area contributed by atoms with Crippen LogP contribution in [0.2, 0.25) is 0 Å². The first-order valence-electron chi connectivity index (χ1n) is 13.5. The van der Waals surface area contributed by atoms with Crippen molar-refractivity contribution < 1.29 is 27.4 Å². The number of rotatable bonds is 8. The number of carbonyl (C=O) groups is 1. The molecule has 1 aromatic carbocycles. The molecule has 0 bridgehead atoms. The number of piperazine rings is 1. The van der Waals surface area contributed by atoms with E-state index in [1.54, 1.807) is 20.1 Å². The van der Waals surface area contributed by atoms with Crippen LogP contribution < -0.4 is 9.64 Å². The number of anilines is 1. The molecule has 13 heteroatoms. The van der Waals surface area contributed by atoms with Gasteiger partial charge in [0.15, 0.2) is 5.65 Å². The minimum atomic E-state index is -4.62. The van der Waals surface area contributed by atoms with E-state index in [9.17, 15) is 18.0 Å². The van der Waals surface area contributed by atoms with Crippen molar-refractivity contribution in [1.82, 2.24) is 29.6 Å². The van der Waals surface area contributed by atoms with Crippen LogP contribution in [0.5, 0.6) is 5.75 Å². The van der Waals surface area contributed by atoms with E-state index in [-0.39, 0.29) is 11.6 Å². The molecule has 1 amide bonds. The number of nitrogens with zero attached hydrogens (tertiary/aromatic N) is 7. The third-order valence-electron chi connectivity index (χ3n) is 7.73. The van der Waals surface area contributed by atoms with Gasteiger partial charge in [0.2, 0.25) is 0 Å². The van der Waals surface area contributed by atoms with Crippen LogP contribution in [-0.4, -0.2) is 101 Å². The number of fused-ring (bicyclic) bond motifs is 1. The average Bonchev–Trinajstić information content (AvgIpc) is 3.41. The number of ether oxygens (including phenoxy) is 2. The Morgan fingerprint density at radius 3 is 2.35 bits per heavy atom. The quantitative estimate of drug-likeness (QED) is 0.415. The van der Waals surface area contributed by atoms with Gasteiger partial charge in [-0.3, -0.25) is 9.69 Å². The summed E-state index contributed by atoms with van der Waals surface area (Å²) in [4.78, 5) is 18.4. The zero-order valence-electron chi connectivity index (χ0n) is 22.7. The highest BCUT2D eigenvalue weighted by Crippen LogP contribution is 2.32. The molecule has 0 unspecified atom stereocenters. The average molecular weight is 562 g/mol. The first kappa shape index (κ1) is 28.1. The molecular weight excluding hydrogens is 527 g/mol. The normalized spacial score (nSPS) is 18.3. The van der Waals surface area contributed by atoms with Crippen molar-refractivity contribution in [2.45, 2.75) is 38.0 Å². The molecule has 0 radical (unpaired) electrons. The number of carbonyl (C=O) groups excluding carboxylic acids is 1. The van der Waals surface area contributed by atoms with E-state index in [4.69, 9.17) is 9.47 Å². The van der Waals surface area contributed by atoms with Crippen molar-refractivity contribution in [2.75, 3.05) is 64.4 Å². The second kappa shape index (κ2) is 12.0. The fourth-order valence-electron chi connectivity index (χ4n) is 5.25. The van der Waals surface area contributed by atoms with E-state index in [1.165, 1.54) is 11.6 Å². The van der Waals surface area contributed by atoms with E-state index in [1.807, 2.05) is 21.9 Å². The Bertz CT molecular complexity index is 1280. The second-order valence-electron chi connectivity index (χ2n) is 10.2. The molecule has 2 aliphatic heterocycles. The van der Waals surface area contributed by atoms with Crippen LogP contribution in [-0.2, 0) is 15.7 Å². The molecule has 2 aliphatic rings. The zero-order chi connectivity index (χ0) is 28.3. The maximum atomic E-state index is 13.2. The smallest absolute Gasteiger partial charge is 0.453 e. The maximum absolute atomic E-state index is 13.2. The minimum Gasteiger partial charge on any atom is -0.492 e. The standard InChI is InChI=1S/C27H34F3N7O3/c1-19(39-2)25(38)36-15-13-34(14-16-36)17-18-40-22-5-3-20(4-6-22)21-9-11-35(12-10-21)24-8-7-23-31-32-26(27(28,29)30)37(23)33-24/h3-8,19,21H,9-18H2,1-2H3/t19-/m0/s1. The largest absolute Gasteiger partial charge is 0.492 e. The van der Waals surface area contributed by atoms with E-state index in [2.05, 4.69) is 32.3 Å². The molecule has 1 atom stereocenters. The highest BCUT2D eigenvalue weighted by Gasteiger charge is 2.38. The zero-order valence-corrected chi connectivity index (χ0v) is 22.7. The van der Waals surface area contributed by atoms with Crippen LogP contribution in [0, 0.1) is 0 Å². The lowest BCUT2D eigenvalue weighted by Crippen LogP contribution is -2.51. The predicted octanol–water partition coefficient (Wildman–Crippen LogP) is 3.09. The van der Waals surface area contributed by atoms with Crippen molar-refractivity contribution in [3.63, 3.8) is 0 Å². The molecule has 0 aliphatic carbocycles. The van der Waals surface area contributed by atoms with Gasteiger partial charge < -0.3 is 19.3 Å². The summed E-state index contributed by atoms with van der Waals surface area (Å²) in [6.07, 6.45) is -3.29. The predicted molar refractivity (Wildman–Crippen MR) is 141 cm³/mol. The summed E-state index contributed by atoms with van der Waals surface area (Å²) in [7, 11) is 1.55. The van der Waals surface area contributed by atoms with E-state index in [0.717, 1.165) is 42.7 Å². The Balaban J connectivity index is 1.07. The lowest BCUT2D eigenvalue weighted by Gasteiger charge is -2.35. The van der Waals surface area contributed by atoms with Crippen LogP contribution >= 0.6 is 0 Å². The van der Waals surface area contributed by atoms with Crippen molar-refractivity contribution in [3.05, 3.63) is 47.8 Å². The molecule has 2 saturated heterocycles. The van der Waals surface area contributed by atoms with Gasteiger partial charge in [-0.15, -0.1) is 15.3 Å². The number of halogens is 3. The number of hydrogen-bond acceptors (Lipinski definition) is 8. The third kappa shape index (κ3) is 6.30. The van der Waals surface area contributed by atoms with Crippen LogP contribution in [0.1, 0.15) is 37.1 Å². The van der Waals surface area contributed by atoms with Gasteiger partial charge in [-0.1, -0.05) is 12.1 Å². The Morgan fingerprint density at radius 2 is 1.70 bits per heavy atom. The van der Waals surface area contributed by atoms with E-state index < -0.39 is 18.1 Å². The number of alkyl halides is 3. The van der Waals surface area contributed by atoms with Crippen LogP contribution in [0.25, 0.3) is 5.65 Å². The number of benzene rings is 1. The van der Waals surface area contributed by atoms with E-state index >= 15 is 0 Å². The Labute approximate surface area is 230 Å². The summed E-state index contributed by atoms with van der Waals surface area (Å²) in [5.41, 5.74) is 1.29. The topological polar surface area (TPSA) is 88.3 Å². The summed E-state index contributed by atoms with van der Waals surface area (Å²) < 4.78 is 51.5. The fourth-order valence-corrected chi connectivity index (χ4v) is 5.25. The molecular formula is C27H34F3N7O3. The minimum absolute atomic E-state index is 0.0360. The highest BCUT2D eigenvalue weighted by molar-refractivity contribution is 5.80. The summed E-state index contributed by atoms with van der Waals surface area (Å²) >= 11 is 0. The molecule has 3 aromatic rings. The van der Waals surface area contributed by atoms with Gasteiger partial charge in [0, 0.05) is 52.9 Å². The number of amides is 1. The van der Waals surface area contributed by atoms with Gasteiger partial charge >= 0.3 is 6.18 Å². The van der Waals surface area contributed by atoms with Crippen LogP contribution in [0.3, 0.4) is 0 Å². The van der Waals surface area contributed by atoms with Gasteiger partial charge in [0.25, 0.3) is 11.7 Å². The number of methoxy groups -OCH3 is 1. The summed E-state index contributed by atoms with van der Waals surface area (Å²) in [6, 6.07) is 11.4. The fraction of sp³-hybridized carbons (Fsp3) is 0.556. The molecule has 0 N–H and O–H groups in total. The van der Waals surface area contributed by atoms with Gasteiger partial charge in [-0.2, -0.15) is 17.7 Å². The van der Waals surface area contributed by atoms with Gasteiger partial charge in [-0.05, 0) is 55.5 Å². The summed E-state index contributed by atoms with van der Waals surface area (Å²) in [6.45, 7) is 7.53. The molecule has 0 saturated carbocycles. The van der Waals surface area contributed by atoms with Crippen molar-refractivity contribution in [3.8, 4) is 5.75 Å². The van der Waals surface area contributed by atoms with Crippen molar-refractivity contribution in [2.24, 2.45) is 0 Å². The number of aromatic nitrogens is 4. The molecule has 216 valence electrons.